The number of aryl methyl sites for hydroxylation is 1. The van der Waals surface area contributed by atoms with Crippen molar-refractivity contribution in [2.75, 3.05) is 6.54 Å². The molecule has 0 saturated carbocycles. The Balaban J connectivity index is 2.24. The lowest BCUT2D eigenvalue weighted by atomic mass is 10.2. The number of nitrogens with zero attached hydrogens (tertiary/aromatic N) is 3. The molecule has 5 nitrogen and oxygen atoms in total. The van der Waals surface area contributed by atoms with Crippen LogP contribution in [-0.2, 0) is 0 Å². The Morgan fingerprint density at radius 2 is 2.11 bits per heavy atom. The average Bonchev–Trinajstić information content (AvgIpc) is 2.85. The fourth-order valence-electron chi connectivity index (χ4n) is 1.79. The van der Waals surface area contributed by atoms with E-state index in [1.807, 2.05) is 25.1 Å². The van der Waals surface area contributed by atoms with Crippen molar-refractivity contribution in [1.82, 2.24) is 20.5 Å². The molecule has 0 aliphatic carbocycles. The van der Waals surface area contributed by atoms with Crippen molar-refractivity contribution in [2.45, 2.75) is 33.2 Å². The predicted molar refractivity (Wildman–Crippen MR) is 69.0 cm³/mol. The minimum absolute atomic E-state index is 0.112. The number of pyridine rings is 1. The maximum Gasteiger partial charge on any atom is 0.266 e. The third kappa shape index (κ3) is 2.73. The van der Waals surface area contributed by atoms with Crippen LogP contribution in [0, 0.1) is 6.92 Å². The molecule has 0 radical (unpaired) electrons. The highest BCUT2D eigenvalue weighted by molar-refractivity contribution is 5.46. The van der Waals surface area contributed by atoms with Crippen molar-refractivity contribution in [2.24, 2.45) is 0 Å². The Bertz CT molecular complexity index is 509. The lowest BCUT2D eigenvalue weighted by Crippen LogP contribution is -2.20. The molecule has 0 aromatic carbocycles. The molecule has 0 aliphatic heterocycles. The number of rotatable bonds is 5. The van der Waals surface area contributed by atoms with Crippen LogP contribution in [0.3, 0.4) is 0 Å². The summed E-state index contributed by atoms with van der Waals surface area (Å²) in [5, 5.41) is 11.5. The molecule has 1 unspecified atom stereocenters. The third-order valence-corrected chi connectivity index (χ3v) is 2.70. The van der Waals surface area contributed by atoms with Gasteiger partial charge in [0, 0.05) is 5.69 Å². The first-order valence-corrected chi connectivity index (χ1v) is 6.25. The molecule has 2 aromatic rings. The zero-order valence-corrected chi connectivity index (χ0v) is 11.0. The molecule has 0 fully saturated rings. The summed E-state index contributed by atoms with van der Waals surface area (Å²) in [5.41, 5.74) is 1.66. The van der Waals surface area contributed by atoms with Gasteiger partial charge in [-0.3, -0.25) is 0 Å². The fraction of sp³-hybridized carbons (Fsp3) is 0.462. The molecule has 0 bridgehead atoms. The van der Waals surface area contributed by atoms with E-state index in [0.717, 1.165) is 24.4 Å². The van der Waals surface area contributed by atoms with Crippen LogP contribution in [0.5, 0.6) is 0 Å². The molecular formula is C13H18N4O. The zero-order valence-electron chi connectivity index (χ0n) is 11.0. The first-order chi connectivity index (χ1) is 8.74. The standard InChI is InChI=1S/C13H18N4O/c1-4-10(14-5-2)12-16-17-13(18-12)11-8-6-7-9(3)15-11/h6-8,10,14H,4-5H2,1-3H3. The largest absolute Gasteiger partial charge is 0.418 e. The number of hydrogen-bond donors (Lipinski definition) is 1. The van der Waals surface area contributed by atoms with Gasteiger partial charge in [-0.2, -0.15) is 0 Å². The van der Waals surface area contributed by atoms with E-state index in [0.29, 0.717) is 11.8 Å². The smallest absolute Gasteiger partial charge is 0.266 e. The van der Waals surface area contributed by atoms with Crippen molar-refractivity contribution in [3.05, 3.63) is 29.8 Å². The highest BCUT2D eigenvalue weighted by atomic mass is 16.4. The summed E-state index contributed by atoms with van der Waals surface area (Å²) in [4.78, 5) is 4.37. The summed E-state index contributed by atoms with van der Waals surface area (Å²) >= 11 is 0. The van der Waals surface area contributed by atoms with Crippen molar-refractivity contribution in [3.8, 4) is 11.6 Å². The van der Waals surface area contributed by atoms with E-state index in [4.69, 9.17) is 4.42 Å². The van der Waals surface area contributed by atoms with E-state index < -0.39 is 0 Å². The van der Waals surface area contributed by atoms with Crippen LogP contribution in [0.1, 0.15) is 37.9 Å². The van der Waals surface area contributed by atoms with Gasteiger partial charge >= 0.3 is 0 Å². The molecule has 96 valence electrons. The van der Waals surface area contributed by atoms with Gasteiger partial charge in [0.1, 0.15) is 5.69 Å². The molecular weight excluding hydrogens is 228 g/mol. The molecule has 2 aromatic heterocycles. The van der Waals surface area contributed by atoms with Gasteiger partial charge in [0.2, 0.25) is 5.89 Å². The number of hydrogen-bond acceptors (Lipinski definition) is 5. The molecule has 18 heavy (non-hydrogen) atoms. The second kappa shape index (κ2) is 5.73. The lowest BCUT2D eigenvalue weighted by Gasteiger charge is -2.09. The summed E-state index contributed by atoms with van der Waals surface area (Å²) in [6.45, 7) is 6.96. The van der Waals surface area contributed by atoms with Gasteiger partial charge < -0.3 is 9.73 Å². The molecule has 1 atom stereocenters. The van der Waals surface area contributed by atoms with Crippen molar-refractivity contribution < 1.29 is 4.42 Å². The molecule has 2 heterocycles. The van der Waals surface area contributed by atoms with E-state index in [1.54, 1.807) is 0 Å². The van der Waals surface area contributed by atoms with Gasteiger partial charge in [0.15, 0.2) is 0 Å². The van der Waals surface area contributed by atoms with Gasteiger partial charge in [-0.05, 0) is 32.0 Å². The maximum absolute atomic E-state index is 5.68. The lowest BCUT2D eigenvalue weighted by molar-refractivity contribution is 0.401. The first kappa shape index (κ1) is 12.7. The van der Waals surface area contributed by atoms with Crippen molar-refractivity contribution in [1.29, 1.82) is 0 Å². The quantitative estimate of drug-likeness (QED) is 0.878. The molecule has 1 N–H and O–H groups in total. The summed E-state index contributed by atoms with van der Waals surface area (Å²) in [6.07, 6.45) is 0.913. The van der Waals surface area contributed by atoms with Crippen LogP contribution in [0.4, 0.5) is 0 Å². The Kier molecular flexibility index (Phi) is 4.04. The summed E-state index contributed by atoms with van der Waals surface area (Å²) in [5.74, 6) is 1.10. The van der Waals surface area contributed by atoms with E-state index in [9.17, 15) is 0 Å². The second-order valence-corrected chi connectivity index (χ2v) is 4.13. The number of nitrogens with one attached hydrogen (secondary N) is 1. The van der Waals surface area contributed by atoms with E-state index in [-0.39, 0.29) is 6.04 Å². The molecule has 0 amide bonds. The zero-order chi connectivity index (χ0) is 13.0. The minimum atomic E-state index is 0.112. The highest BCUT2D eigenvalue weighted by Gasteiger charge is 2.17. The van der Waals surface area contributed by atoms with Crippen LogP contribution in [0.2, 0.25) is 0 Å². The summed E-state index contributed by atoms with van der Waals surface area (Å²) in [6, 6.07) is 5.86. The minimum Gasteiger partial charge on any atom is -0.418 e. The topological polar surface area (TPSA) is 63.8 Å². The van der Waals surface area contributed by atoms with E-state index in [1.165, 1.54) is 0 Å². The Labute approximate surface area is 107 Å². The molecule has 0 saturated heterocycles. The Hall–Kier alpha value is -1.75. The number of aromatic nitrogens is 3. The van der Waals surface area contributed by atoms with Crippen LogP contribution in [-0.4, -0.2) is 21.7 Å². The fourth-order valence-corrected chi connectivity index (χ4v) is 1.79. The van der Waals surface area contributed by atoms with Gasteiger partial charge in [-0.15, -0.1) is 10.2 Å². The third-order valence-electron chi connectivity index (χ3n) is 2.70. The predicted octanol–water partition coefficient (Wildman–Crippen LogP) is 2.50. The highest BCUT2D eigenvalue weighted by Crippen LogP contribution is 2.20. The van der Waals surface area contributed by atoms with Crippen molar-refractivity contribution >= 4 is 0 Å². The van der Waals surface area contributed by atoms with Crippen LogP contribution in [0.25, 0.3) is 11.6 Å². The average molecular weight is 246 g/mol. The molecule has 2 rings (SSSR count). The Morgan fingerprint density at radius 1 is 1.28 bits per heavy atom. The summed E-state index contributed by atoms with van der Waals surface area (Å²) < 4.78 is 5.68. The molecule has 0 aliphatic rings. The SMILES string of the molecule is CCNC(CC)c1nnc(-c2cccc(C)n2)o1. The second-order valence-electron chi connectivity index (χ2n) is 4.13. The van der Waals surface area contributed by atoms with Crippen molar-refractivity contribution in [3.63, 3.8) is 0 Å². The first-order valence-electron chi connectivity index (χ1n) is 6.25. The van der Waals surface area contributed by atoms with Gasteiger partial charge in [-0.25, -0.2) is 4.98 Å². The van der Waals surface area contributed by atoms with Crippen LogP contribution in [0.15, 0.2) is 22.6 Å². The molecule has 5 heteroatoms. The monoisotopic (exact) mass is 246 g/mol. The summed E-state index contributed by atoms with van der Waals surface area (Å²) in [7, 11) is 0. The van der Waals surface area contributed by atoms with Crippen LogP contribution < -0.4 is 5.32 Å². The van der Waals surface area contributed by atoms with E-state index in [2.05, 4.69) is 34.3 Å². The molecule has 0 spiro atoms. The Morgan fingerprint density at radius 3 is 2.78 bits per heavy atom. The van der Waals surface area contributed by atoms with Crippen LogP contribution >= 0.6 is 0 Å². The van der Waals surface area contributed by atoms with Gasteiger partial charge in [0.25, 0.3) is 5.89 Å². The van der Waals surface area contributed by atoms with E-state index >= 15 is 0 Å². The normalized spacial score (nSPS) is 12.6. The van der Waals surface area contributed by atoms with Gasteiger partial charge in [0.05, 0.1) is 6.04 Å². The maximum atomic E-state index is 5.68. The van der Waals surface area contributed by atoms with Gasteiger partial charge in [-0.1, -0.05) is 19.9 Å².